The molecule has 1 rings (SSSR count). The topological polar surface area (TPSA) is 54.9 Å². The van der Waals surface area contributed by atoms with E-state index in [-0.39, 0.29) is 42.1 Å². The van der Waals surface area contributed by atoms with Gasteiger partial charge in [-0.15, -0.1) is 24.0 Å². The zero-order valence-electron chi connectivity index (χ0n) is 16.1. The normalized spacial score (nSPS) is 21.9. The minimum Gasteiger partial charge on any atom is -0.377 e. The summed E-state index contributed by atoms with van der Waals surface area (Å²) < 4.78 is 46.4. The predicted molar refractivity (Wildman–Crippen MR) is 108 cm³/mol. The molecule has 0 aliphatic carbocycles. The number of alkyl halides is 3. The highest BCUT2D eigenvalue weighted by Gasteiger charge is 2.35. The third-order valence-corrected chi connectivity index (χ3v) is 4.08. The maximum Gasteiger partial charge on any atom is 0.411 e. The molecular weight excluding hydrogens is 462 g/mol. The first-order valence-electron chi connectivity index (χ1n) is 8.84. The van der Waals surface area contributed by atoms with Gasteiger partial charge in [-0.3, -0.25) is 4.99 Å². The number of guanidine groups is 1. The van der Waals surface area contributed by atoms with Gasteiger partial charge in [0.25, 0.3) is 0 Å². The fraction of sp³-hybridized carbons (Fsp3) is 0.941. The number of hydrogen-bond donors (Lipinski definition) is 2. The Kier molecular flexibility index (Phi) is 12.1. The lowest BCUT2D eigenvalue weighted by molar-refractivity contribution is -0.173. The Balaban J connectivity index is 0.00000625. The first-order valence-corrected chi connectivity index (χ1v) is 8.84. The van der Waals surface area contributed by atoms with E-state index < -0.39 is 12.8 Å². The average molecular weight is 495 g/mol. The Morgan fingerprint density at radius 1 is 1.23 bits per heavy atom. The van der Waals surface area contributed by atoms with Crippen molar-refractivity contribution in [3.05, 3.63) is 0 Å². The number of ether oxygens (including phenoxy) is 2. The molecule has 1 saturated heterocycles. The van der Waals surface area contributed by atoms with Gasteiger partial charge in [0.1, 0.15) is 6.61 Å². The third-order valence-electron chi connectivity index (χ3n) is 4.08. The van der Waals surface area contributed by atoms with Crippen molar-refractivity contribution in [1.29, 1.82) is 0 Å². The molecule has 0 amide bonds. The zero-order valence-corrected chi connectivity index (χ0v) is 18.4. The van der Waals surface area contributed by atoms with Crippen LogP contribution in [0.5, 0.6) is 0 Å². The van der Waals surface area contributed by atoms with Crippen LogP contribution in [-0.2, 0) is 9.47 Å². The van der Waals surface area contributed by atoms with Gasteiger partial charge >= 0.3 is 6.18 Å². The molecule has 0 bridgehead atoms. The van der Waals surface area contributed by atoms with Crippen molar-refractivity contribution in [2.24, 2.45) is 16.3 Å². The summed E-state index contributed by atoms with van der Waals surface area (Å²) in [5.41, 5.74) is 0.0829. The Morgan fingerprint density at radius 3 is 2.50 bits per heavy atom. The number of halogens is 4. The fourth-order valence-electron chi connectivity index (χ4n) is 3.03. The fourth-order valence-corrected chi connectivity index (χ4v) is 3.03. The summed E-state index contributed by atoms with van der Waals surface area (Å²) in [6.07, 6.45) is -1.42. The van der Waals surface area contributed by atoms with Crippen LogP contribution in [0.4, 0.5) is 13.2 Å². The van der Waals surface area contributed by atoms with Crippen molar-refractivity contribution < 1.29 is 22.6 Å². The van der Waals surface area contributed by atoms with E-state index >= 15 is 0 Å². The molecule has 2 atom stereocenters. The summed E-state index contributed by atoms with van der Waals surface area (Å²) in [7, 11) is 1.67. The molecule has 0 saturated carbocycles. The SMILES string of the molecule is CN=C(NCCCOCC(F)(F)F)NCC1CCCOC1C(C)(C)C.I. The van der Waals surface area contributed by atoms with E-state index in [1.165, 1.54) is 0 Å². The third kappa shape index (κ3) is 10.8. The summed E-state index contributed by atoms with van der Waals surface area (Å²) in [6, 6.07) is 0. The van der Waals surface area contributed by atoms with Crippen LogP contribution in [0.1, 0.15) is 40.0 Å². The number of nitrogens with one attached hydrogen (secondary N) is 2. The Hall–Kier alpha value is -0.290. The van der Waals surface area contributed by atoms with Crippen molar-refractivity contribution in [2.45, 2.75) is 52.3 Å². The highest BCUT2D eigenvalue weighted by Crippen LogP contribution is 2.33. The second-order valence-corrected chi connectivity index (χ2v) is 7.46. The number of nitrogens with zero attached hydrogens (tertiary/aromatic N) is 1. The minimum absolute atomic E-state index is 0. The minimum atomic E-state index is -4.27. The molecule has 2 N–H and O–H groups in total. The first-order chi connectivity index (χ1) is 11.6. The van der Waals surface area contributed by atoms with Gasteiger partial charge in [-0.1, -0.05) is 20.8 Å². The van der Waals surface area contributed by atoms with Crippen LogP contribution < -0.4 is 10.6 Å². The highest BCUT2D eigenvalue weighted by atomic mass is 127. The molecular formula is C17H33F3IN3O2. The standard InChI is InChI=1S/C17H32F3N3O2.HI/c1-16(2,3)14-13(7-5-10-25-14)11-23-15(21-4)22-8-6-9-24-12-17(18,19)20;/h13-14H,5-12H2,1-4H3,(H2,21,22,23);1H. The van der Waals surface area contributed by atoms with Gasteiger partial charge in [-0.2, -0.15) is 13.2 Å². The predicted octanol–water partition coefficient (Wildman–Crippen LogP) is 3.58. The molecule has 1 heterocycles. The summed E-state index contributed by atoms with van der Waals surface area (Å²) in [5, 5.41) is 6.39. The van der Waals surface area contributed by atoms with Crippen LogP contribution in [0.25, 0.3) is 0 Å². The van der Waals surface area contributed by atoms with E-state index in [9.17, 15) is 13.2 Å². The summed E-state index contributed by atoms with van der Waals surface area (Å²) >= 11 is 0. The smallest absolute Gasteiger partial charge is 0.377 e. The van der Waals surface area contributed by atoms with Crippen LogP contribution in [0.2, 0.25) is 0 Å². The molecule has 156 valence electrons. The Morgan fingerprint density at radius 2 is 1.92 bits per heavy atom. The van der Waals surface area contributed by atoms with Crippen LogP contribution in [0, 0.1) is 11.3 Å². The lowest BCUT2D eigenvalue weighted by Gasteiger charge is -2.40. The van der Waals surface area contributed by atoms with E-state index in [1.807, 2.05) is 0 Å². The van der Waals surface area contributed by atoms with Gasteiger partial charge in [0, 0.05) is 39.3 Å². The van der Waals surface area contributed by atoms with Gasteiger partial charge < -0.3 is 20.1 Å². The van der Waals surface area contributed by atoms with Gasteiger partial charge in [-0.25, -0.2) is 0 Å². The second-order valence-electron chi connectivity index (χ2n) is 7.46. The van der Waals surface area contributed by atoms with E-state index in [0.29, 0.717) is 24.8 Å². The maximum absolute atomic E-state index is 12.0. The van der Waals surface area contributed by atoms with E-state index in [2.05, 4.69) is 41.1 Å². The van der Waals surface area contributed by atoms with Crippen LogP contribution in [0.15, 0.2) is 4.99 Å². The summed E-state index contributed by atoms with van der Waals surface area (Å²) in [6.45, 7) is 7.48. The van der Waals surface area contributed by atoms with Crippen LogP contribution >= 0.6 is 24.0 Å². The molecule has 0 aromatic heterocycles. The van der Waals surface area contributed by atoms with Crippen molar-refractivity contribution in [1.82, 2.24) is 10.6 Å². The summed E-state index contributed by atoms with van der Waals surface area (Å²) in [4.78, 5) is 4.15. The summed E-state index contributed by atoms with van der Waals surface area (Å²) in [5.74, 6) is 1.05. The molecule has 0 aromatic rings. The van der Waals surface area contributed by atoms with Crippen molar-refractivity contribution in [3.63, 3.8) is 0 Å². The molecule has 0 spiro atoms. The van der Waals surface area contributed by atoms with Crippen molar-refractivity contribution in [3.8, 4) is 0 Å². The molecule has 9 heteroatoms. The van der Waals surface area contributed by atoms with Crippen LogP contribution in [0.3, 0.4) is 0 Å². The molecule has 1 aliphatic rings. The van der Waals surface area contributed by atoms with Crippen LogP contribution in [-0.4, -0.2) is 58.2 Å². The van der Waals surface area contributed by atoms with Gasteiger partial charge in [0.05, 0.1) is 6.10 Å². The zero-order chi connectivity index (χ0) is 18.9. The lowest BCUT2D eigenvalue weighted by atomic mass is 9.78. The highest BCUT2D eigenvalue weighted by molar-refractivity contribution is 14.0. The van der Waals surface area contributed by atoms with E-state index in [4.69, 9.17) is 4.74 Å². The maximum atomic E-state index is 12.0. The lowest BCUT2D eigenvalue weighted by Crippen LogP contribution is -2.47. The molecule has 1 fully saturated rings. The monoisotopic (exact) mass is 495 g/mol. The van der Waals surface area contributed by atoms with E-state index in [0.717, 1.165) is 26.0 Å². The first kappa shape index (κ1) is 25.7. The van der Waals surface area contributed by atoms with E-state index in [1.54, 1.807) is 7.05 Å². The number of aliphatic imine (C=N–C) groups is 1. The van der Waals surface area contributed by atoms with Gasteiger partial charge in [0.2, 0.25) is 0 Å². The Bertz CT molecular complexity index is 415. The quantitative estimate of drug-likeness (QED) is 0.246. The molecule has 0 aromatic carbocycles. The molecule has 1 aliphatic heterocycles. The van der Waals surface area contributed by atoms with Crippen molar-refractivity contribution in [2.75, 3.05) is 40.0 Å². The molecule has 26 heavy (non-hydrogen) atoms. The average Bonchev–Trinajstić information content (AvgIpc) is 2.52. The van der Waals surface area contributed by atoms with Gasteiger partial charge in [-0.05, 0) is 24.7 Å². The van der Waals surface area contributed by atoms with Gasteiger partial charge in [0.15, 0.2) is 5.96 Å². The number of hydrogen-bond acceptors (Lipinski definition) is 3. The molecule has 0 radical (unpaired) electrons. The Labute approximate surface area is 171 Å². The molecule has 5 nitrogen and oxygen atoms in total. The molecule has 2 unspecified atom stereocenters. The van der Waals surface area contributed by atoms with Crippen molar-refractivity contribution >= 4 is 29.9 Å². The largest absolute Gasteiger partial charge is 0.411 e. The number of rotatable bonds is 7. The second kappa shape index (κ2) is 12.2.